The fraction of sp³-hybridized carbons (Fsp3) is 0.682. The fourth-order valence-corrected chi connectivity index (χ4v) is 3.17. The van der Waals surface area contributed by atoms with E-state index < -0.39 is 15.7 Å². The molecule has 1 aromatic carbocycles. The largest absolute Gasteiger partial charge is 0.444 e. The highest BCUT2D eigenvalue weighted by Gasteiger charge is 2.19. The van der Waals surface area contributed by atoms with Crippen LogP contribution in [0.25, 0.3) is 0 Å². The van der Waals surface area contributed by atoms with E-state index in [4.69, 9.17) is 27.9 Å². The molecular formula is C22H37NO9S. The molecule has 0 aromatic heterocycles. The molecule has 33 heavy (non-hydrogen) atoms. The van der Waals surface area contributed by atoms with Gasteiger partial charge < -0.3 is 28.6 Å². The van der Waals surface area contributed by atoms with E-state index >= 15 is 0 Å². The minimum atomic E-state index is -3.75. The summed E-state index contributed by atoms with van der Waals surface area (Å²) in [5, 5.41) is 0. The SMILES string of the molecule is CN(CCOCCOCCOCCOCCOS(=O)(=O)c1ccccc1)C(=O)OC(C)(C)C. The molecule has 190 valence electrons. The smallest absolute Gasteiger partial charge is 0.410 e. The van der Waals surface area contributed by atoms with E-state index in [1.807, 2.05) is 20.8 Å². The number of hydrogen-bond acceptors (Lipinski definition) is 9. The number of nitrogens with zero attached hydrogens (tertiary/aromatic N) is 1. The number of likely N-dealkylation sites (N-methyl/N-ethyl adjacent to an activating group) is 1. The summed E-state index contributed by atoms with van der Waals surface area (Å²) in [4.78, 5) is 13.4. The zero-order valence-corrected chi connectivity index (χ0v) is 20.8. The van der Waals surface area contributed by atoms with Crippen molar-refractivity contribution in [3.8, 4) is 0 Å². The third-order valence-corrected chi connectivity index (χ3v) is 5.22. The van der Waals surface area contributed by atoms with E-state index in [9.17, 15) is 13.2 Å². The van der Waals surface area contributed by atoms with Gasteiger partial charge in [0.1, 0.15) is 5.60 Å². The molecule has 0 atom stereocenters. The van der Waals surface area contributed by atoms with E-state index in [1.54, 1.807) is 25.2 Å². The first-order valence-electron chi connectivity index (χ1n) is 10.8. The molecule has 0 bridgehead atoms. The third kappa shape index (κ3) is 14.9. The number of benzene rings is 1. The maximum Gasteiger partial charge on any atom is 0.410 e. The van der Waals surface area contributed by atoms with Crippen LogP contribution in [0.2, 0.25) is 0 Å². The highest BCUT2D eigenvalue weighted by Crippen LogP contribution is 2.11. The number of carbonyl (C=O) groups is 1. The first kappa shape index (κ1) is 29.3. The quantitative estimate of drug-likeness (QED) is 0.239. The van der Waals surface area contributed by atoms with Crippen LogP contribution in [0.15, 0.2) is 35.2 Å². The van der Waals surface area contributed by atoms with Crippen LogP contribution in [-0.2, 0) is 38.0 Å². The van der Waals surface area contributed by atoms with Gasteiger partial charge in [-0.1, -0.05) is 18.2 Å². The molecule has 1 rings (SSSR count). The monoisotopic (exact) mass is 491 g/mol. The molecule has 1 aromatic rings. The fourth-order valence-electron chi connectivity index (χ4n) is 2.25. The van der Waals surface area contributed by atoms with Crippen LogP contribution < -0.4 is 0 Å². The van der Waals surface area contributed by atoms with E-state index in [2.05, 4.69) is 0 Å². The number of amides is 1. The zero-order chi connectivity index (χ0) is 24.6. The Balaban J connectivity index is 1.87. The summed E-state index contributed by atoms with van der Waals surface area (Å²) in [5.74, 6) is 0. The molecule has 1 amide bonds. The van der Waals surface area contributed by atoms with Gasteiger partial charge in [-0.2, -0.15) is 8.42 Å². The van der Waals surface area contributed by atoms with Crippen LogP contribution in [0.5, 0.6) is 0 Å². The van der Waals surface area contributed by atoms with Crippen molar-refractivity contribution in [2.24, 2.45) is 0 Å². The Hall–Kier alpha value is -1.76. The molecule has 10 nitrogen and oxygen atoms in total. The van der Waals surface area contributed by atoms with Crippen LogP contribution in [-0.4, -0.2) is 98.1 Å². The molecule has 0 N–H and O–H groups in total. The topological polar surface area (TPSA) is 110 Å². The Bertz CT molecular complexity index is 751. The molecule has 11 heteroatoms. The van der Waals surface area contributed by atoms with Gasteiger partial charge in [0, 0.05) is 13.6 Å². The summed E-state index contributed by atoms with van der Waals surface area (Å²) >= 11 is 0. The van der Waals surface area contributed by atoms with Crippen molar-refractivity contribution in [3.63, 3.8) is 0 Å². The number of hydrogen-bond donors (Lipinski definition) is 0. The van der Waals surface area contributed by atoms with Crippen molar-refractivity contribution in [2.75, 3.05) is 73.1 Å². The molecule has 0 aliphatic carbocycles. The Kier molecular flexibility index (Phi) is 14.2. The summed E-state index contributed by atoms with van der Waals surface area (Å²) in [6.07, 6.45) is -0.381. The van der Waals surface area contributed by atoms with Gasteiger partial charge in [0.25, 0.3) is 10.1 Å². The summed E-state index contributed by atoms with van der Waals surface area (Å²) in [7, 11) is -2.09. The van der Waals surface area contributed by atoms with E-state index in [0.29, 0.717) is 52.8 Å². The minimum absolute atomic E-state index is 0.0616. The zero-order valence-electron chi connectivity index (χ0n) is 20.0. The Morgan fingerprint density at radius 3 is 1.73 bits per heavy atom. The molecule has 0 spiro atoms. The molecule has 0 heterocycles. The van der Waals surface area contributed by atoms with Crippen molar-refractivity contribution in [2.45, 2.75) is 31.3 Å². The Morgan fingerprint density at radius 1 is 0.788 bits per heavy atom. The van der Waals surface area contributed by atoms with E-state index in [0.717, 1.165) is 0 Å². The van der Waals surface area contributed by atoms with E-state index in [-0.39, 0.29) is 24.2 Å². The predicted octanol–water partition coefficient (Wildman–Crippen LogP) is 2.33. The molecule has 0 aliphatic rings. The maximum absolute atomic E-state index is 11.9. The van der Waals surface area contributed by atoms with Crippen molar-refractivity contribution < 1.29 is 41.1 Å². The second kappa shape index (κ2) is 16.0. The standard InChI is InChI=1S/C22H37NO9S/c1-22(2,3)32-21(24)23(4)10-11-27-12-13-28-14-15-29-16-17-30-18-19-31-33(25,26)20-8-6-5-7-9-20/h5-9H,10-19H2,1-4H3. The van der Waals surface area contributed by atoms with Crippen LogP contribution in [0.4, 0.5) is 4.79 Å². The second-order valence-corrected chi connectivity index (χ2v) is 9.56. The highest BCUT2D eigenvalue weighted by atomic mass is 32.2. The van der Waals surface area contributed by atoms with Crippen LogP contribution in [0.3, 0.4) is 0 Å². The van der Waals surface area contributed by atoms with E-state index in [1.165, 1.54) is 17.0 Å². The van der Waals surface area contributed by atoms with Gasteiger partial charge >= 0.3 is 6.09 Å². The Labute approximate surface area is 197 Å². The summed E-state index contributed by atoms with van der Waals surface area (Å²) < 4.78 is 55.5. The van der Waals surface area contributed by atoms with Gasteiger partial charge in [0.05, 0.1) is 64.4 Å². The molecule has 0 saturated heterocycles. The normalized spacial score (nSPS) is 12.0. The van der Waals surface area contributed by atoms with Crippen molar-refractivity contribution in [1.29, 1.82) is 0 Å². The average molecular weight is 492 g/mol. The number of ether oxygens (including phenoxy) is 5. The second-order valence-electron chi connectivity index (χ2n) is 7.94. The molecule has 0 fully saturated rings. The molecule has 0 aliphatic heterocycles. The molecule has 0 unspecified atom stereocenters. The van der Waals surface area contributed by atoms with Crippen molar-refractivity contribution in [1.82, 2.24) is 4.90 Å². The van der Waals surface area contributed by atoms with Crippen molar-refractivity contribution >= 4 is 16.2 Å². The van der Waals surface area contributed by atoms with Crippen LogP contribution in [0.1, 0.15) is 20.8 Å². The first-order chi connectivity index (χ1) is 15.6. The van der Waals surface area contributed by atoms with Gasteiger partial charge in [0.15, 0.2) is 0 Å². The molecule has 0 radical (unpaired) electrons. The Morgan fingerprint density at radius 2 is 1.24 bits per heavy atom. The van der Waals surface area contributed by atoms with Crippen LogP contribution in [0, 0.1) is 0 Å². The third-order valence-electron chi connectivity index (χ3n) is 3.89. The van der Waals surface area contributed by atoms with Crippen molar-refractivity contribution in [3.05, 3.63) is 30.3 Å². The molecular weight excluding hydrogens is 454 g/mol. The van der Waals surface area contributed by atoms with Gasteiger partial charge in [-0.05, 0) is 32.9 Å². The lowest BCUT2D eigenvalue weighted by atomic mass is 10.2. The first-order valence-corrected chi connectivity index (χ1v) is 12.2. The lowest BCUT2D eigenvalue weighted by molar-refractivity contribution is -0.00767. The molecule has 0 saturated carbocycles. The lowest BCUT2D eigenvalue weighted by Crippen LogP contribution is -2.36. The van der Waals surface area contributed by atoms with Gasteiger partial charge in [-0.15, -0.1) is 0 Å². The van der Waals surface area contributed by atoms with Gasteiger partial charge in [0.2, 0.25) is 0 Å². The summed E-state index contributed by atoms with van der Waals surface area (Å²) in [6, 6.07) is 7.95. The average Bonchev–Trinajstić information content (AvgIpc) is 2.75. The predicted molar refractivity (Wildman–Crippen MR) is 122 cm³/mol. The van der Waals surface area contributed by atoms with Gasteiger partial charge in [-0.25, -0.2) is 4.79 Å². The highest BCUT2D eigenvalue weighted by molar-refractivity contribution is 7.86. The maximum atomic E-state index is 11.9. The lowest BCUT2D eigenvalue weighted by Gasteiger charge is -2.24. The van der Waals surface area contributed by atoms with Gasteiger partial charge in [-0.3, -0.25) is 4.18 Å². The number of rotatable bonds is 17. The summed E-state index contributed by atoms with van der Waals surface area (Å²) in [6.45, 7) is 8.71. The number of carbonyl (C=O) groups excluding carboxylic acids is 1. The minimum Gasteiger partial charge on any atom is -0.444 e. The summed E-state index contributed by atoms with van der Waals surface area (Å²) in [5.41, 5.74) is -0.519. The van der Waals surface area contributed by atoms with Crippen LogP contribution >= 0.6 is 0 Å².